The van der Waals surface area contributed by atoms with E-state index < -0.39 is 0 Å². The highest BCUT2D eigenvalue weighted by Gasteiger charge is 2.17. The van der Waals surface area contributed by atoms with E-state index in [4.69, 9.17) is 11.5 Å². The number of rotatable bonds is 12. The topological polar surface area (TPSA) is 93.5 Å². The van der Waals surface area contributed by atoms with Gasteiger partial charge in [0, 0.05) is 18.5 Å². The Balaban J connectivity index is 0. The van der Waals surface area contributed by atoms with E-state index in [1.54, 1.807) is 0 Å². The van der Waals surface area contributed by atoms with Gasteiger partial charge in [0.05, 0.1) is 0 Å². The van der Waals surface area contributed by atoms with Gasteiger partial charge in [0.1, 0.15) is 0 Å². The molecule has 24 heavy (non-hydrogen) atoms. The average Bonchev–Trinajstić information content (AvgIpc) is 2.48. The lowest BCUT2D eigenvalue weighted by molar-refractivity contribution is -0.118. The van der Waals surface area contributed by atoms with Gasteiger partial charge in [-0.05, 0) is 39.0 Å². The van der Waals surface area contributed by atoms with Crippen LogP contribution in [0.5, 0.6) is 0 Å². The summed E-state index contributed by atoms with van der Waals surface area (Å²) in [5.41, 5.74) is 11.0. The van der Waals surface area contributed by atoms with E-state index in [1.807, 2.05) is 13.8 Å². The van der Waals surface area contributed by atoms with Gasteiger partial charge in [-0.25, -0.2) is 0 Å². The van der Waals surface area contributed by atoms with Gasteiger partial charge in [-0.1, -0.05) is 53.4 Å². The maximum absolute atomic E-state index is 10.7. The fraction of sp³-hybridized carbons (Fsp3) is 0.895. The second-order valence-electron chi connectivity index (χ2n) is 7.19. The summed E-state index contributed by atoms with van der Waals surface area (Å²) in [7, 11) is 0. The molecule has 0 bridgehead atoms. The molecule has 0 unspecified atom stereocenters. The molecule has 1 amide bonds. The first kappa shape index (κ1) is 25.0. The number of nitrogens with zero attached hydrogens (tertiary/aromatic N) is 1. The van der Waals surface area contributed by atoms with Crippen molar-refractivity contribution in [1.29, 1.82) is 0 Å². The highest BCUT2D eigenvalue weighted by Crippen LogP contribution is 2.13. The van der Waals surface area contributed by atoms with Gasteiger partial charge in [0.25, 0.3) is 0 Å². The highest BCUT2D eigenvalue weighted by molar-refractivity contribution is 5.78. The van der Waals surface area contributed by atoms with Crippen molar-refractivity contribution >= 4 is 11.9 Å². The zero-order valence-electron chi connectivity index (χ0n) is 17.0. The van der Waals surface area contributed by atoms with Crippen LogP contribution in [0, 0.1) is 5.92 Å². The fourth-order valence-electron chi connectivity index (χ4n) is 2.36. The number of hydrogen-bond donors (Lipinski definition) is 3. The second-order valence-corrected chi connectivity index (χ2v) is 7.19. The van der Waals surface area contributed by atoms with Crippen LogP contribution in [0.1, 0.15) is 92.9 Å². The standard InChI is InChI=1S/C17H36N4O.C2H6/c1-14(2)10-6-5-9-13-20-16(19)21-17(3,4)12-8-7-11-15(18)22;1-2/h14H,5-13H2,1-4H3,(H2,18,22)(H3,19,20,21);1-2H3. The van der Waals surface area contributed by atoms with Crippen LogP contribution >= 0.6 is 0 Å². The summed E-state index contributed by atoms with van der Waals surface area (Å²) in [6.07, 6.45) is 8.03. The van der Waals surface area contributed by atoms with E-state index in [9.17, 15) is 4.79 Å². The Morgan fingerprint density at radius 2 is 1.67 bits per heavy atom. The molecule has 0 aliphatic heterocycles. The van der Waals surface area contributed by atoms with Crippen LogP contribution in [-0.4, -0.2) is 24.0 Å². The van der Waals surface area contributed by atoms with E-state index in [-0.39, 0.29) is 11.4 Å². The van der Waals surface area contributed by atoms with Crippen molar-refractivity contribution in [3.63, 3.8) is 0 Å². The van der Waals surface area contributed by atoms with Crippen molar-refractivity contribution in [1.82, 2.24) is 5.32 Å². The van der Waals surface area contributed by atoms with Crippen LogP contribution in [0.4, 0.5) is 0 Å². The van der Waals surface area contributed by atoms with E-state index in [0.29, 0.717) is 12.4 Å². The molecule has 0 saturated heterocycles. The maximum atomic E-state index is 10.7. The van der Waals surface area contributed by atoms with Crippen molar-refractivity contribution in [2.24, 2.45) is 22.4 Å². The summed E-state index contributed by atoms with van der Waals surface area (Å²) >= 11 is 0. The lowest BCUT2D eigenvalue weighted by atomic mass is 9.97. The molecule has 0 atom stereocenters. The molecule has 0 aliphatic rings. The van der Waals surface area contributed by atoms with Crippen LogP contribution in [0.2, 0.25) is 0 Å². The van der Waals surface area contributed by atoms with E-state index in [1.165, 1.54) is 19.3 Å². The minimum atomic E-state index is -0.232. The second kappa shape index (κ2) is 15.3. The number of carbonyl (C=O) groups excluding carboxylic acids is 1. The molecule has 5 nitrogen and oxygen atoms in total. The van der Waals surface area contributed by atoms with Crippen LogP contribution in [-0.2, 0) is 4.79 Å². The van der Waals surface area contributed by atoms with Gasteiger partial charge in [-0.15, -0.1) is 0 Å². The molecule has 5 heteroatoms. The third-order valence-electron chi connectivity index (χ3n) is 3.66. The summed E-state index contributed by atoms with van der Waals surface area (Å²) in [4.78, 5) is 15.1. The number of primary amides is 1. The molecule has 0 fully saturated rings. The first-order valence-electron chi connectivity index (χ1n) is 9.59. The van der Waals surface area contributed by atoms with Crippen molar-refractivity contribution in [2.75, 3.05) is 6.54 Å². The molecule has 0 aromatic heterocycles. The number of aliphatic imine (C=N–C) groups is 1. The number of hydrogen-bond acceptors (Lipinski definition) is 2. The third kappa shape index (κ3) is 18.8. The van der Waals surface area contributed by atoms with Gasteiger partial charge in [-0.3, -0.25) is 9.79 Å². The van der Waals surface area contributed by atoms with Crippen molar-refractivity contribution in [2.45, 2.75) is 98.4 Å². The summed E-state index contributed by atoms with van der Waals surface area (Å²) in [6, 6.07) is 0. The number of carbonyl (C=O) groups is 1. The number of unbranched alkanes of at least 4 members (excludes halogenated alkanes) is 3. The summed E-state index contributed by atoms with van der Waals surface area (Å²) < 4.78 is 0. The van der Waals surface area contributed by atoms with Crippen LogP contribution in [0.3, 0.4) is 0 Å². The predicted molar refractivity (Wildman–Crippen MR) is 106 cm³/mol. The Kier molecular flexibility index (Phi) is 15.9. The molecule has 144 valence electrons. The zero-order valence-corrected chi connectivity index (χ0v) is 17.0. The number of amides is 1. The van der Waals surface area contributed by atoms with E-state index >= 15 is 0 Å². The number of guanidine groups is 1. The molecule has 0 rings (SSSR count). The van der Waals surface area contributed by atoms with E-state index in [2.05, 4.69) is 38.0 Å². The van der Waals surface area contributed by atoms with Crippen LogP contribution in [0.25, 0.3) is 0 Å². The Bertz CT molecular complexity index is 338. The highest BCUT2D eigenvalue weighted by atomic mass is 16.1. The van der Waals surface area contributed by atoms with Gasteiger partial charge in [0.15, 0.2) is 5.96 Å². The lowest BCUT2D eigenvalue weighted by Gasteiger charge is -2.26. The van der Waals surface area contributed by atoms with Gasteiger partial charge >= 0.3 is 0 Å². The predicted octanol–water partition coefficient (Wildman–Crippen LogP) is 3.96. The fourth-order valence-corrected chi connectivity index (χ4v) is 2.36. The molecule has 0 spiro atoms. The van der Waals surface area contributed by atoms with Crippen molar-refractivity contribution < 1.29 is 4.79 Å². The molecule has 0 aromatic rings. The largest absolute Gasteiger partial charge is 0.370 e. The molecular weight excluding hydrogens is 300 g/mol. The van der Waals surface area contributed by atoms with Crippen LogP contribution < -0.4 is 16.8 Å². The van der Waals surface area contributed by atoms with Crippen LogP contribution in [0.15, 0.2) is 4.99 Å². The third-order valence-corrected chi connectivity index (χ3v) is 3.66. The first-order valence-corrected chi connectivity index (χ1v) is 9.59. The van der Waals surface area contributed by atoms with Gasteiger partial charge in [-0.2, -0.15) is 0 Å². The van der Waals surface area contributed by atoms with Crippen molar-refractivity contribution in [3.8, 4) is 0 Å². The smallest absolute Gasteiger partial charge is 0.217 e. The minimum Gasteiger partial charge on any atom is -0.370 e. The normalized spacial score (nSPS) is 11.9. The molecule has 0 radical (unpaired) electrons. The molecule has 5 N–H and O–H groups in total. The Labute approximate surface area is 150 Å². The summed E-state index contributed by atoms with van der Waals surface area (Å²) in [5.74, 6) is 1.07. The van der Waals surface area contributed by atoms with E-state index in [0.717, 1.165) is 38.1 Å². The molecule has 0 saturated carbocycles. The molecule has 0 heterocycles. The Morgan fingerprint density at radius 1 is 1.04 bits per heavy atom. The Hall–Kier alpha value is -1.26. The maximum Gasteiger partial charge on any atom is 0.217 e. The SMILES string of the molecule is CC.CC(C)CCCCCN=C(N)NC(C)(C)CCCCC(N)=O. The zero-order chi connectivity index (χ0) is 19.0. The minimum absolute atomic E-state index is 0.108. The molecule has 0 aliphatic carbocycles. The number of nitrogens with two attached hydrogens (primary N) is 2. The first-order chi connectivity index (χ1) is 11.2. The Morgan fingerprint density at radius 3 is 2.21 bits per heavy atom. The lowest BCUT2D eigenvalue weighted by Crippen LogP contribution is -2.47. The summed E-state index contributed by atoms with van der Waals surface area (Å²) in [6.45, 7) is 13.5. The monoisotopic (exact) mass is 342 g/mol. The molecule has 0 aromatic carbocycles. The average molecular weight is 343 g/mol. The summed E-state index contributed by atoms with van der Waals surface area (Å²) in [5, 5.41) is 3.27. The quantitative estimate of drug-likeness (QED) is 0.285. The van der Waals surface area contributed by atoms with Gasteiger partial charge < -0.3 is 16.8 Å². The molecular formula is C19H42N4O. The number of nitrogens with one attached hydrogen (secondary N) is 1. The van der Waals surface area contributed by atoms with Crippen molar-refractivity contribution in [3.05, 3.63) is 0 Å². The van der Waals surface area contributed by atoms with Gasteiger partial charge in [0.2, 0.25) is 5.91 Å².